The van der Waals surface area contributed by atoms with E-state index in [1.807, 2.05) is 48.5 Å². The van der Waals surface area contributed by atoms with Crippen LogP contribution < -0.4 is 10.6 Å². The topological polar surface area (TPSA) is 105 Å². The van der Waals surface area contributed by atoms with Crippen LogP contribution in [-0.2, 0) is 0 Å². The normalized spacial score (nSPS) is 19.6. The second-order valence-corrected chi connectivity index (χ2v) is 12.8. The lowest BCUT2D eigenvalue weighted by Crippen LogP contribution is -2.49. The molecule has 0 aromatic heterocycles. The Kier molecular flexibility index (Phi) is 6.36. The van der Waals surface area contributed by atoms with Gasteiger partial charge in [-0.15, -0.1) is 0 Å². The van der Waals surface area contributed by atoms with Crippen molar-refractivity contribution in [3.63, 3.8) is 0 Å². The van der Waals surface area contributed by atoms with Gasteiger partial charge in [0.05, 0.1) is 0 Å². The third kappa shape index (κ3) is 3.97. The Morgan fingerprint density at radius 3 is 1.02 bits per heavy atom. The molecule has 10 nitrogen and oxygen atoms in total. The number of carbonyl (C=O) groups excluding carboxylic acids is 4. The average Bonchev–Trinajstić information content (AvgIpc) is 3.09. The zero-order valence-corrected chi connectivity index (χ0v) is 25.5. The van der Waals surface area contributed by atoms with E-state index in [1.165, 1.54) is 9.80 Å². The van der Waals surface area contributed by atoms with Crippen LogP contribution in [0.15, 0.2) is 48.5 Å². The lowest BCUT2D eigenvalue weighted by atomic mass is 9.82. The second-order valence-electron chi connectivity index (χ2n) is 12.8. The summed E-state index contributed by atoms with van der Waals surface area (Å²) in [6, 6.07) is 15.2. The predicted octanol–water partition coefficient (Wildman–Crippen LogP) is 2.74. The summed E-state index contributed by atoms with van der Waals surface area (Å²) in [7, 11) is 0. The summed E-state index contributed by atoms with van der Waals surface area (Å²) in [5.41, 5.74) is 2.15. The van der Waals surface area contributed by atoms with Crippen LogP contribution in [-0.4, -0.2) is 122 Å². The molecule has 4 heterocycles. The van der Waals surface area contributed by atoms with Crippen LogP contribution in [0.3, 0.4) is 0 Å². The van der Waals surface area contributed by atoms with Crippen LogP contribution in [0.2, 0.25) is 0 Å². The van der Waals surface area contributed by atoms with Crippen LogP contribution in [0.5, 0.6) is 0 Å². The maximum Gasteiger partial charge on any atom is 0.261 e. The Morgan fingerprint density at radius 2 is 0.717 bits per heavy atom. The molecule has 5 aromatic rings. The van der Waals surface area contributed by atoms with Crippen molar-refractivity contribution in [1.29, 1.82) is 0 Å². The lowest BCUT2D eigenvalue weighted by molar-refractivity contribution is 0.0574. The Labute approximate surface area is 265 Å². The van der Waals surface area contributed by atoms with Gasteiger partial charge in [-0.1, -0.05) is 24.3 Å². The predicted molar refractivity (Wildman–Crippen MR) is 177 cm³/mol. The second kappa shape index (κ2) is 10.5. The lowest BCUT2D eigenvalue weighted by Gasteiger charge is -2.33. The van der Waals surface area contributed by atoms with E-state index in [2.05, 4.69) is 20.4 Å². The third-order valence-corrected chi connectivity index (χ3v) is 10.5. The summed E-state index contributed by atoms with van der Waals surface area (Å²) in [5, 5.41) is 13.4. The van der Waals surface area contributed by atoms with Crippen molar-refractivity contribution in [3.05, 3.63) is 70.8 Å². The van der Waals surface area contributed by atoms with Crippen molar-refractivity contribution >= 4 is 66.7 Å². The monoisotopic (exact) mass is 614 g/mol. The van der Waals surface area contributed by atoms with Gasteiger partial charge in [0, 0.05) is 112 Å². The molecule has 5 aromatic carbocycles. The van der Waals surface area contributed by atoms with Crippen molar-refractivity contribution in [2.75, 3.05) is 78.5 Å². The minimum Gasteiger partial charge on any atom is -0.314 e. The van der Waals surface area contributed by atoms with Crippen LogP contribution in [0.25, 0.3) is 43.1 Å². The molecule has 0 atom stereocenters. The van der Waals surface area contributed by atoms with Gasteiger partial charge in [-0.2, -0.15) is 0 Å². The fourth-order valence-corrected chi connectivity index (χ4v) is 8.13. The molecule has 9 rings (SSSR count). The van der Waals surface area contributed by atoms with Crippen LogP contribution in [0.4, 0.5) is 0 Å². The first-order chi connectivity index (χ1) is 22.5. The number of nitrogens with one attached hydrogen (secondary N) is 2. The number of carbonyl (C=O) groups is 4. The highest BCUT2D eigenvalue weighted by Gasteiger charge is 2.37. The van der Waals surface area contributed by atoms with E-state index in [4.69, 9.17) is 0 Å². The summed E-state index contributed by atoms with van der Waals surface area (Å²) < 4.78 is 0. The standard InChI is InChI=1S/C36H34N6O4/c43-33-25-5-1-21-22-2-6-27-32-28(36(46)42(35(27)45)20-18-40-15-11-38-12-16-40)8-4-24(30(22)32)23-3-7-26(31(25)29(21)23)34(44)41(33)19-17-39-13-9-37-10-14-39/h1-8,37-38H,9-20H2. The van der Waals surface area contributed by atoms with E-state index in [9.17, 15) is 19.2 Å². The molecular formula is C36H34N6O4. The summed E-state index contributed by atoms with van der Waals surface area (Å²) >= 11 is 0. The maximum absolute atomic E-state index is 13.8. The Hall–Kier alpha value is -4.48. The van der Waals surface area contributed by atoms with Gasteiger partial charge in [0.1, 0.15) is 0 Å². The van der Waals surface area contributed by atoms with E-state index < -0.39 is 0 Å². The molecule has 0 aliphatic carbocycles. The summed E-state index contributed by atoms with van der Waals surface area (Å²) in [6.07, 6.45) is 0. The molecule has 2 saturated heterocycles. The van der Waals surface area contributed by atoms with Gasteiger partial charge < -0.3 is 10.6 Å². The van der Waals surface area contributed by atoms with Crippen molar-refractivity contribution in [1.82, 2.24) is 30.2 Å². The minimum absolute atomic E-state index is 0.260. The smallest absolute Gasteiger partial charge is 0.261 e. The molecule has 4 amide bonds. The molecule has 4 aliphatic rings. The number of benzene rings is 5. The highest BCUT2D eigenvalue weighted by Crippen LogP contribution is 2.46. The summed E-state index contributed by atoms with van der Waals surface area (Å²) in [5.74, 6) is -1.04. The molecule has 0 bridgehead atoms. The van der Waals surface area contributed by atoms with Gasteiger partial charge in [0.15, 0.2) is 0 Å². The number of hydrogen-bond donors (Lipinski definition) is 2. The largest absolute Gasteiger partial charge is 0.314 e. The van der Waals surface area contributed by atoms with Gasteiger partial charge in [-0.25, -0.2) is 0 Å². The van der Waals surface area contributed by atoms with Gasteiger partial charge in [0.25, 0.3) is 23.6 Å². The van der Waals surface area contributed by atoms with Crippen molar-refractivity contribution in [2.24, 2.45) is 0 Å². The Bertz CT molecular complexity index is 1860. The quantitative estimate of drug-likeness (QED) is 0.171. The Morgan fingerprint density at radius 1 is 0.413 bits per heavy atom. The molecule has 2 N–H and O–H groups in total. The molecular weight excluding hydrogens is 580 g/mol. The molecule has 10 heteroatoms. The number of piperazine rings is 2. The number of rotatable bonds is 6. The van der Waals surface area contributed by atoms with Gasteiger partial charge in [0.2, 0.25) is 0 Å². The van der Waals surface area contributed by atoms with E-state index in [0.29, 0.717) is 59.2 Å². The Balaban J connectivity index is 1.14. The fraction of sp³-hybridized carbons (Fsp3) is 0.333. The maximum atomic E-state index is 13.8. The van der Waals surface area contributed by atoms with Crippen molar-refractivity contribution < 1.29 is 19.2 Å². The zero-order valence-electron chi connectivity index (χ0n) is 25.5. The van der Waals surface area contributed by atoms with Crippen molar-refractivity contribution in [3.8, 4) is 0 Å². The minimum atomic E-state index is -0.260. The number of hydrogen-bond acceptors (Lipinski definition) is 8. The SMILES string of the molecule is O=C1c2ccc3c4ccc5c6c(ccc(c7ccc(c2c37)C(=O)N1CCN1CCNCC1)c64)C(=O)N(CCN1CCNCC1)C5=O. The average molecular weight is 615 g/mol. The first-order valence-electron chi connectivity index (χ1n) is 16.3. The first-order valence-corrected chi connectivity index (χ1v) is 16.3. The van der Waals surface area contributed by atoms with Crippen LogP contribution >= 0.6 is 0 Å². The number of fused-ring (bicyclic) bond motifs is 2. The van der Waals surface area contributed by atoms with E-state index in [-0.39, 0.29) is 23.6 Å². The van der Waals surface area contributed by atoms with E-state index in [1.54, 1.807) is 0 Å². The number of nitrogens with zero attached hydrogens (tertiary/aromatic N) is 4. The van der Waals surface area contributed by atoms with Gasteiger partial charge in [-0.05, 0) is 56.6 Å². The van der Waals surface area contributed by atoms with Crippen LogP contribution in [0, 0.1) is 0 Å². The molecule has 232 valence electrons. The van der Waals surface area contributed by atoms with E-state index >= 15 is 0 Å². The van der Waals surface area contributed by atoms with Gasteiger partial charge in [-0.3, -0.25) is 38.8 Å². The molecule has 0 unspecified atom stereocenters. The molecule has 4 aliphatic heterocycles. The summed E-state index contributed by atoms with van der Waals surface area (Å²) in [4.78, 5) is 62.7. The number of imide groups is 2. The first kappa shape index (κ1) is 27.8. The summed E-state index contributed by atoms with van der Waals surface area (Å²) in [6.45, 7) is 9.23. The molecule has 46 heavy (non-hydrogen) atoms. The molecule has 0 spiro atoms. The van der Waals surface area contributed by atoms with Gasteiger partial charge >= 0.3 is 0 Å². The van der Waals surface area contributed by atoms with Crippen molar-refractivity contribution in [2.45, 2.75) is 0 Å². The highest BCUT2D eigenvalue weighted by molar-refractivity contribution is 6.41. The third-order valence-electron chi connectivity index (χ3n) is 10.5. The zero-order chi connectivity index (χ0) is 31.1. The fourth-order valence-electron chi connectivity index (χ4n) is 8.13. The van der Waals surface area contributed by atoms with E-state index in [0.717, 1.165) is 84.7 Å². The molecule has 0 saturated carbocycles. The molecule has 2 fully saturated rings. The van der Waals surface area contributed by atoms with Crippen LogP contribution in [0.1, 0.15) is 41.4 Å². The molecule has 0 radical (unpaired) electrons. The number of amides is 4. The highest BCUT2D eigenvalue weighted by atomic mass is 16.2.